The lowest BCUT2D eigenvalue weighted by Gasteiger charge is -1.77. The van der Waals surface area contributed by atoms with E-state index in [4.69, 9.17) is 9.52 Å². The summed E-state index contributed by atoms with van der Waals surface area (Å²) in [6, 6.07) is 0. The lowest BCUT2D eigenvalue weighted by molar-refractivity contribution is -0.131. The van der Waals surface area contributed by atoms with Gasteiger partial charge in [0.05, 0.1) is 6.20 Å². The Morgan fingerprint density at radius 1 is 1.80 bits per heavy atom. The zero-order valence-electron chi connectivity index (χ0n) is 5.02. The van der Waals surface area contributed by atoms with Crippen molar-refractivity contribution in [2.75, 3.05) is 0 Å². The number of carbonyl (C=O) groups is 1. The van der Waals surface area contributed by atoms with Crippen LogP contribution in [-0.2, 0) is 4.79 Å². The van der Waals surface area contributed by atoms with E-state index in [0.29, 0.717) is 5.89 Å². The quantitative estimate of drug-likeness (QED) is 0.614. The molecule has 4 heteroatoms. The van der Waals surface area contributed by atoms with E-state index < -0.39 is 5.97 Å². The molecule has 0 atom stereocenters. The minimum atomic E-state index is -1.02. The number of hydrogen-bond donors (Lipinski definition) is 1. The first-order chi connectivity index (χ1) is 4.79. The van der Waals surface area contributed by atoms with E-state index in [2.05, 4.69) is 4.98 Å². The highest BCUT2D eigenvalue weighted by molar-refractivity contribution is 5.84. The number of aromatic nitrogens is 1. The van der Waals surface area contributed by atoms with Gasteiger partial charge in [-0.15, -0.1) is 0 Å². The van der Waals surface area contributed by atoms with Crippen molar-refractivity contribution >= 4 is 12.0 Å². The van der Waals surface area contributed by atoms with Crippen molar-refractivity contribution in [3.63, 3.8) is 0 Å². The largest absolute Gasteiger partial charge is 0.478 e. The Bertz CT molecular complexity index is 238. The molecule has 0 amide bonds. The summed E-state index contributed by atoms with van der Waals surface area (Å²) < 4.78 is 4.72. The minimum Gasteiger partial charge on any atom is -0.478 e. The number of carboxylic acids is 1. The molecule has 0 aliphatic rings. The minimum absolute atomic E-state index is 0.294. The second-order valence-corrected chi connectivity index (χ2v) is 1.54. The van der Waals surface area contributed by atoms with Crippen LogP contribution in [0.4, 0.5) is 0 Å². The molecule has 0 unspecified atom stereocenters. The Kier molecular flexibility index (Phi) is 1.84. The van der Waals surface area contributed by atoms with Crippen molar-refractivity contribution in [1.29, 1.82) is 0 Å². The molecule has 0 radical (unpaired) electrons. The molecule has 0 spiro atoms. The van der Waals surface area contributed by atoms with E-state index in [1.54, 1.807) is 0 Å². The van der Waals surface area contributed by atoms with Gasteiger partial charge in [0.2, 0.25) is 5.89 Å². The SMILES string of the molecule is O=C(O)/C=C/c1ncco1. The van der Waals surface area contributed by atoms with Crippen LogP contribution >= 0.6 is 0 Å². The molecule has 0 saturated heterocycles. The summed E-state index contributed by atoms with van der Waals surface area (Å²) in [6.45, 7) is 0. The lowest BCUT2D eigenvalue weighted by atomic mass is 10.5. The Balaban J connectivity index is 2.64. The van der Waals surface area contributed by atoms with Crippen molar-refractivity contribution in [2.45, 2.75) is 0 Å². The first kappa shape index (κ1) is 6.54. The van der Waals surface area contributed by atoms with E-state index in [1.807, 2.05) is 0 Å². The maximum absolute atomic E-state index is 9.94. The van der Waals surface area contributed by atoms with E-state index in [-0.39, 0.29) is 0 Å². The molecule has 0 aromatic carbocycles. The summed E-state index contributed by atoms with van der Waals surface area (Å²) in [5, 5.41) is 8.16. The summed E-state index contributed by atoms with van der Waals surface area (Å²) in [7, 11) is 0. The highest BCUT2D eigenvalue weighted by atomic mass is 16.4. The number of oxazole rings is 1. The standard InChI is InChI=1S/C6H5NO3/c8-6(9)2-1-5-7-3-4-10-5/h1-4H,(H,8,9)/b2-1+. The zero-order valence-corrected chi connectivity index (χ0v) is 5.02. The molecule has 0 bridgehead atoms. The molecule has 10 heavy (non-hydrogen) atoms. The molecule has 1 N–H and O–H groups in total. The Labute approximate surface area is 56.8 Å². The van der Waals surface area contributed by atoms with Gasteiger partial charge in [-0.1, -0.05) is 0 Å². The van der Waals surface area contributed by atoms with Gasteiger partial charge in [0.15, 0.2) is 0 Å². The van der Waals surface area contributed by atoms with Gasteiger partial charge >= 0.3 is 5.97 Å². The van der Waals surface area contributed by atoms with Crippen LogP contribution in [0.1, 0.15) is 5.89 Å². The number of aliphatic carboxylic acids is 1. The molecule has 0 saturated carbocycles. The molecule has 52 valence electrons. The molecule has 1 rings (SSSR count). The molecule has 0 aliphatic heterocycles. The first-order valence-corrected chi connectivity index (χ1v) is 2.59. The van der Waals surface area contributed by atoms with Crippen LogP contribution in [0, 0.1) is 0 Å². The van der Waals surface area contributed by atoms with Crippen molar-refractivity contribution in [3.8, 4) is 0 Å². The molecule has 1 aromatic heterocycles. The normalized spacial score (nSPS) is 10.4. The van der Waals surface area contributed by atoms with Gasteiger partial charge in [-0.3, -0.25) is 0 Å². The van der Waals surface area contributed by atoms with Crippen molar-refractivity contribution < 1.29 is 14.3 Å². The van der Waals surface area contributed by atoms with Gasteiger partial charge in [0.1, 0.15) is 6.26 Å². The second kappa shape index (κ2) is 2.82. The van der Waals surface area contributed by atoms with E-state index in [0.717, 1.165) is 6.08 Å². The van der Waals surface area contributed by atoms with Crippen LogP contribution in [0.25, 0.3) is 6.08 Å². The summed E-state index contributed by atoms with van der Waals surface area (Å²) in [5.74, 6) is -0.722. The molecular weight excluding hydrogens is 134 g/mol. The van der Waals surface area contributed by atoms with Gasteiger partial charge in [-0.25, -0.2) is 9.78 Å². The van der Waals surface area contributed by atoms with Gasteiger partial charge in [-0.2, -0.15) is 0 Å². The predicted octanol–water partition coefficient (Wildman–Crippen LogP) is 0.772. The van der Waals surface area contributed by atoms with Gasteiger partial charge in [0.25, 0.3) is 0 Å². The van der Waals surface area contributed by atoms with Crippen molar-refractivity contribution in [1.82, 2.24) is 4.98 Å². The predicted molar refractivity (Wildman–Crippen MR) is 33.2 cm³/mol. The smallest absolute Gasteiger partial charge is 0.328 e. The van der Waals surface area contributed by atoms with Gasteiger partial charge < -0.3 is 9.52 Å². The first-order valence-electron chi connectivity index (χ1n) is 2.59. The van der Waals surface area contributed by atoms with Crippen LogP contribution in [0.2, 0.25) is 0 Å². The van der Waals surface area contributed by atoms with E-state index in [1.165, 1.54) is 18.5 Å². The van der Waals surface area contributed by atoms with Crippen LogP contribution in [0.15, 0.2) is 23.0 Å². The fourth-order valence-electron chi connectivity index (χ4n) is 0.459. The van der Waals surface area contributed by atoms with Gasteiger partial charge in [0, 0.05) is 12.2 Å². The average molecular weight is 139 g/mol. The second-order valence-electron chi connectivity index (χ2n) is 1.54. The fraction of sp³-hybridized carbons (Fsp3) is 0. The summed E-state index contributed by atoms with van der Waals surface area (Å²) in [4.78, 5) is 13.6. The molecular formula is C6H5NO3. The highest BCUT2D eigenvalue weighted by Crippen LogP contribution is 1.95. The van der Waals surface area contributed by atoms with Crippen LogP contribution < -0.4 is 0 Å². The molecule has 1 heterocycles. The van der Waals surface area contributed by atoms with Crippen molar-refractivity contribution in [3.05, 3.63) is 24.4 Å². The summed E-state index contributed by atoms with van der Waals surface area (Å²) in [5.41, 5.74) is 0. The third-order valence-corrected chi connectivity index (χ3v) is 0.820. The number of hydrogen-bond acceptors (Lipinski definition) is 3. The van der Waals surface area contributed by atoms with Crippen molar-refractivity contribution in [2.24, 2.45) is 0 Å². The average Bonchev–Trinajstić information content (AvgIpc) is 2.34. The van der Waals surface area contributed by atoms with E-state index in [9.17, 15) is 4.79 Å². The monoisotopic (exact) mass is 139 g/mol. The Morgan fingerprint density at radius 3 is 3.10 bits per heavy atom. The Hall–Kier alpha value is -1.58. The zero-order chi connectivity index (χ0) is 7.40. The third kappa shape index (κ3) is 1.74. The maximum atomic E-state index is 9.94. The third-order valence-electron chi connectivity index (χ3n) is 0.820. The topological polar surface area (TPSA) is 63.3 Å². The van der Waals surface area contributed by atoms with E-state index >= 15 is 0 Å². The molecule has 0 aliphatic carbocycles. The molecule has 0 fully saturated rings. The van der Waals surface area contributed by atoms with Crippen LogP contribution in [0.5, 0.6) is 0 Å². The summed E-state index contributed by atoms with van der Waals surface area (Å²) >= 11 is 0. The highest BCUT2D eigenvalue weighted by Gasteiger charge is 1.90. The van der Waals surface area contributed by atoms with Crippen LogP contribution in [-0.4, -0.2) is 16.1 Å². The molecule has 4 nitrogen and oxygen atoms in total. The Morgan fingerprint density at radius 2 is 2.60 bits per heavy atom. The fourth-order valence-corrected chi connectivity index (χ4v) is 0.459. The lowest BCUT2D eigenvalue weighted by Crippen LogP contribution is -1.85. The van der Waals surface area contributed by atoms with Gasteiger partial charge in [-0.05, 0) is 0 Å². The van der Waals surface area contributed by atoms with Crippen LogP contribution in [0.3, 0.4) is 0 Å². The number of rotatable bonds is 2. The number of nitrogens with zero attached hydrogens (tertiary/aromatic N) is 1. The molecule has 1 aromatic rings. The summed E-state index contributed by atoms with van der Waals surface area (Å²) in [6.07, 6.45) is 5.07. The number of carboxylic acid groups (broad SMARTS) is 1. The maximum Gasteiger partial charge on any atom is 0.328 e.